The highest BCUT2D eigenvalue weighted by atomic mass is 32.1. The molecular weight excluding hydrogens is 232 g/mol. The minimum absolute atomic E-state index is 0.567. The normalized spacial score (nSPS) is 13.1. The zero-order valence-electron chi connectivity index (χ0n) is 9.10. The standard InChI is InChI=1S/C12H10N4S/c13-6-8-4-5-11(14-7-8)16-12-15-9-2-1-3-10(9)17-12/h4-5,7H,1-3H2,(H,14,15,16). The predicted octanol–water partition coefficient (Wildman–Crippen LogP) is 2.64. The third kappa shape index (κ3) is 1.99. The summed E-state index contributed by atoms with van der Waals surface area (Å²) in [7, 11) is 0. The first-order valence-corrected chi connectivity index (χ1v) is 6.28. The van der Waals surface area contributed by atoms with Crippen molar-refractivity contribution in [1.82, 2.24) is 9.97 Å². The van der Waals surface area contributed by atoms with Crippen LogP contribution in [-0.4, -0.2) is 9.97 Å². The maximum Gasteiger partial charge on any atom is 0.188 e. The van der Waals surface area contributed by atoms with E-state index in [0.29, 0.717) is 5.56 Å². The lowest BCUT2D eigenvalue weighted by Crippen LogP contribution is -1.93. The summed E-state index contributed by atoms with van der Waals surface area (Å²) >= 11 is 1.70. The summed E-state index contributed by atoms with van der Waals surface area (Å²) < 4.78 is 0. The molecule has 0 amide bonds. The second kappa shape index (κ2) is 4.15. The van der Waals surface area contributed by atoms with E-state index in [9.17, 15) is 0 Å². The number of anilines is 2. The van der Waals surface area contributed by atoms with E-state index in [1.807, 2.05) is 6.07 Å². The first kappa shape index (κ1) is 10.2. The molecule has 1 aliphatic rings. The molecule has 3 rings (SSSR count). The van der Waals surface area contributed by atoms with E-state index in [0.717, 1.165) is 23.8 Å². The van der Waals surface area contributed by atoms with Crippen molar-refractivity contribution in [3.63, 3.8) is 0 Å². The van der Waals surface area contributed by atoms with Crippen molar-refractivity contribution in [2.24, 2.45) is 0 Å². The van der Waals surface area contributed by atoms with Gasteiger partial charge in [0.05, 0.1) is 11.3 Å². The number of nitrogens with zero attached hydrogens (tertiary/aromatic N) is 3. The van der Waals surface area contributed by atoms with Gasteiger partial charge in [-0.05, 0) is 31.4 Å². The van der Waals surface area contributed by atoms with Crippen molar-refractivity contribution >= 4 is 22.3 Å². The van der Waals surface area contributed by atoms with Gasteiger partial charge in [-0.15, -0.1) is 11.3 Å². The molecule has 0 unspecified atom stereocenters. The maximum atomic E-state index is 8.68. The van der Waals surface area contributed by atoms with Crippen LogP contribution in [0.5, 0.6) is 0 Å². The van der Waals surface area contributed by atoms with Gasteiger partial charge in [0.15, 0.2) is 5.13 Å². The van der Waals surface area contributed by atoms with Gasteiger partial charge in [-0.1, -0.05) is 0 Å². The molecule has 0 saturated carbocycles. The lowest BCUT2D eigenvalue weighted by Gasteiger charge is -2.00. The molecular formula is C12H10N4S. The number of thiazole rings is 1. The average molecular weight is 242 g/mol. The number of fused-ring (bicyclic) bond motifs is 1. The fourth-order valence-electron chi connectivity index (χ4n) is 1.89. The Morgan fingerprint density at radius 2 is 2.29 bits per heavy atom. The van der Waals surface area contributed by atoms with E-state index in [4.69, 9.17) is 5.26 Å². The second-order valence-electron chi connectivity index (χ2n) is 3.91. The van der Waals surface area contributed by atoms with Crippen LogP contribution >= 0.6 is 11.3 Å². The lowest BCUT2D eigenvalue weighted by atomic mass is 10.3. The highest BCUT2D eigenvalue weighted by Gasteiger charge is 2.16. The molecule has 5 heteroatoms. The second-order valence-corrected chi connectivity index (χ2v) is 4.99. The number of hydrogen-bond acceptors (Lipinski definition) is 5. The number of aryl methyl sites for hydroxylation is 2. The smallest absolute Gasteiger partial charge is 0.188 e. The van der Waals surface area contributed by atoms with Crippen molar-refractivity contribution in [2.75, 3.05) is 5.32 Å². The molecule has 0 aliphatic heterocycles. The summed E-state index contributed by atoms with van der Waals surface area (Å²) in [6.45, 7) is 0. The van der Waals surface area contributed by atoms with E-state index < -0.39 is 0 Å². The number of aromatic nitrogens is 2. The van der Waals surface area contributed by atoms with Crippen LogP contribution in [0.1, 0.15) is 22.6 Å². The Balaban J connectivity index is 1.79. The molecule has 2 heterocycles. The molecule has 0 atom stereocenters. The Morgan fingerprint density at radius 1 is 1.35 bits per heavy atom. The van der Waals surface area contributed by atoms with Gasteiger partial charge in [0, 0.05) is 11.1 Å². The maximum absolute atomic E-state index is 8.68. The van der Waals surface area contributed by atoms with Gasteiger partial charge >= 0.3 is 0 Å². The monoisotopic (exact) mass is 242 g/mol. The third-order valence-corrected chi connectivity index (χ3v) is 3.80. The Hall–Kier alpha value is -1.93. The van der Waals surface area contributed by atoms with Gasteiger partial charge in [-0.2, -0.15) is 5.26 Å². The summed E-state index contributed by atoms with van der Waals surface area (Å²) in [4.78, 5) is 10.1. The molecule has 0 aromatic carbocycles. The number of rotatable bonds is 2. The first-order chi connectivity index (χ1) is 8.35. The number of nitrogens with one attached hydrogen (secondary N) is 1. The molecule has 4 nitrogen and oxygen atoms in total. The van der Waals surface area contributed by atoms with Crippen molar-refractivity contribution in [2.45, 2.75) is 19.3 Å². The van der Waals surface area contributed by atoms with Crippen LogP contribution in [0.3, 0.4) is 0 Å². The topological polar surface area (TPSA) is 61.6 Å². The molecule has 0 bridgehead atoms. The van der Waals surface area contributed by atoms with Crippen LogP contribution in [0.15, 0.2) is 18.3 Å². The fourth-order valence-corrected chi connectivity index (χ4v) is 2.94. The quantitative estimate of drug-likeness (QED) is 0.879. The molecule has 1 N–H and O–H groups in total. The summed E-state index contributed by atoms with van der Waals surface area (Å²) in [5.74, 6) is 0.733. The third-order valence-electron chi connectivity index (χ3n) is 2.72. The van der Waals surface area contributed by atoms with Crippen LogP contribution in [-0.2, 0) is 12.8 Å². The zero-order valence-corrected chi connectivity index (χ0v) is 9.92. The zero-order chi connectivity index (χ0) is 11.7. The molecule has 17 heavy (non-hydrogen) atoms. The van der Waals surface area contributed by atoms with Crippen molar-refractivity contribution in [3.05, 3.63) is 34.5 Å². The highest BCUT2D eigenvalue weighted by molar-refractivity contribution is 7.15. The van der Waals surface area contributed by atoms with Crippen LogP contribution in [0.4, 0.5) is 10.9 Å². The van der Waals surface area contributed by atoms with Crippen molar-refractivity contribution in [1.29, 1.82) is 5.26 Å². The van der Waals surface area contributed by atoms with E-state index in [1.165, 1.54) is 17.0 Å². The molecule has 84 valence electrons. The summed E-state index contributed by atoms with van der Waals surface area (Å²) in [6.07, 6.45) is 5.02. The van der Waals surface area contributed by atoms with Gasteiger partial charge in [0.1, 0.15) is 11.9 Å². The van der Waals surface area contributed by atoms with Crippen molar-refractivity contribution < 1.29 is 0 Å². The molecule has 0 spiro atoms. The largest absolute Gasteiger partial charge is 0.316 e. The van der Waals surface area contributed by atoms with Crippen LogP contribution in [0, 0.1) is 11.3 Å². The molecule has 2 aromatic heterocycles. The molecule has 2 aromatic rings. The molecule has 1 aliphatic carbocycles. The Bertz CT molecular complexity index is 558. The van der Waals surface area contributed by atoms with Gasteiger partial charge in [0.2, 0.25) is 0 Å². The van der Waals surface area contributed by atoms with Crippen molar-refractivity contribution in [3.8, 4) is 6.07 Å². The molecule has 0 saturated heterocycles. The van der Waals surface area contributed by atoms with Crippen LogP contribution in [0.25, 0.3) is 0 Å². The minimum atomic E-state index is 0.567. The fraction of sp³-hybridized carbons (Fsp3) is 0.250. The summed E-state index contributed by atoms with van der Waals surface area (Å²) in [6, 6.07) is 5.59. The van der Waals surface area contributed by atoms with E-state index in [-0.39, 0.29) is 0 Å². The first-order valence-electron chi connectivity index (χ1n) is 5.47. The lowest BCUT2D eigenvalue weighted by molar-refractivity contribution is 0.900. The average Bonchev–Trinajstić information content (AvgIpc) is 2.90. The van der Waals surface area contributed by atoms with E-state index in [2.05, 4.69) is 15.3 Å². The SMILES string of the molecule is N#Cc1ccc(Nc2nc3c(s2)CCC3)nc1. The Morgan fingerprint density at radius 3 is 3.00 bits per heavy atom. The summed E-state index contributed by atoms with van der Waals surface area (Å²) in [5, 5.41) is 12.7. The Kier molecular flexibility index (Phi) is 2.50. The predicted molar refractivity (Wildman–Crippen MR) is 66.4 cm³/mol. The molecule has 0 radical (unpaired) electrons. The number of hydrogen-bond donors (Lipinski definition) is 1. The minimum Gasteiger partial charge on any atom is -0.316 e. The molecule has 0 fully saturated rings. The van der Waals surface area contributed by atoms with E-state index >= 15 is 0 Å². The highest BCUT2D eigenvalue weighted by Crippen LogP contribution is 2.31. The Labute approximate surface area is 103 Å². The summed E-state index contributed by atoms with van der Waals surface area (Å²) in [5.41, 5.74) is 1.79. The number of nitriles is 1. The van der Waals surface area contributed by atoms with Gasteiger partial charge < -0.3 is 5.32 Å². The van der Waals surface area contributed by atoms with E-state index in [1.54, 1.807) is 29.7 Å². The number of pyridine rings is 1. The van der Waals surface area contributed by atoms with Crippen LogP contribution < -0.4 is 5.32 Å². The van der Waals surface area contributed by atoms with Gasteiger partial charge in [-0.25, -0.2) is 9.97 Å². The van der Waals surface area contributed by atoms with Gasteiger partial charge in [-0.3, -0.25) is 0 Å². The van der Waals surface area contributed by atoms with Gasteiger partial charge in [0.25, 0.3) is 0 Å². The van der Waals surface area contributed by atoms with Crippen LogP contribution in [0.2, 0.25) is 0 Å².